The smallest absolute Gasteiger partial charge is 0.245 e. The maximum absolute atomic E-state index is 12.9. The summed E-state index contributed by atoms with van der Waals surface area (Å²) in [6, 6.07) is 6.71. The predicted octanol–water partition coefficient (Wildman–Crippen LogP) is 3.63. The van der Waals surface area contributed by atoms with Crippen LogP contribution in [0.1, 0.15) is 18.5 Å². The summed E-state index contributed by atoms with van der Waals surface area (Å²) < 4.78 is 6.19. The number of nitrogens with zero attached hydrogens (tertiary/aromatic N) is 3. The van der Waals surface area contributed by atoms with Crippen LogP contribution in [0.25, 0.3) is 0 Å². The van der Waals surface area contributed by atoms with Crippen LogP contribution in [0.4, 0.5) is 5.82 Å². The zero-order valence-electron chi connectivity index (χ0n) is 14.0. The van der Waals surface area contributed by atoms with Crippen LogP contribution in [-0.4, -0.2) is 41.7 Å². The number of ether oxygens (including phenoxy) is 1. The van der Waals surface area contributed by atoms with Crippen molar-refractivity contribution in [1.29, 1.82) is 0 Å². The van der Waals surface area contributed by atoms with Gasteiger partial charge in [-0.1, -0.05) is 23.7 Å². The molecule has 2 atom stereocenters. The number of aromatic nitrogens is 2. The Kier molecular flexibility index (Phi) is 6.34. The van der Waals surface area contributed by atoms with Gasteiger partial charge in [0.1, 0.15) is 11.9 Å². The van der Waals surface area contributed by atoms with Gasteiger partial charge in [-0.05, 0) is 52.2 Å². The number of nitrogens with one attached hydrogen (secondary N) is 1. The lowest BCUT2D eigenvalue weighted by atomic mass is 10.1. The van der Waals surface area contributed by atoms with E-state index in [1.54, 1.807) is 18.3 Å². The Bertz CT molecular complexity index is 791. The highest BCUT2D eigenvalue weighted by molar-refractivity contribution is 9.10. The molecule has 0 bridgehead atoms. The number of carbonyl (C=O) groups is 1. The number of benzene rings is 1. The molecule has 26 heavy (non-hydrogen) atoms. The number of halogens is 3. The van der Waals surface area contributed by atoms with Gasteiger partial charge in [0.05, 0.1) is 23.7 Å². The van der Waals surface area contributed by atoms with E-state index in [4.69, 9.17) is 27.9 Å². The van der Waals surface area contributed by atoms with E-state index >= 15 is 0 Å². The maximum Gasteiger partial charge on any atom is 0.245 e. The lowest BCUT2D eigenvalue weighted by Crippen LogP contribution is -2.54. The van der Waals surface area contributed by atoms with Crippen molar-refractivity contribution < 1.29 is 9.53 Å². The van der Waals surface area contributed by atoms with E-state index in [2.05, 4.69) is 31.2 Å². The third kappa shape index (κ3) is 4.46. The monoisotopic (exact) mass is 458 g/mol. The zero-order chi connectivity index (χ0) is 18.7. The van der Waals surface area contributed by atoms with Gasteiger partial charge < -0.3 is 15.0 Å². The van der Waals surface area contributed by atoms with Crippen molar-refractivity contribution in [3.63, 3.8) is 0 Å². The minimum Gasteiger partial charge on any atom is -0.377 e. The number of hydrogen-bond donors (Lipinski definition) is 1. The van der Waals surface area contributed by atoms with Gasteiger partial charge in [-0.15, -0.1) is 0 Å². The Morgan fingerprint density at radius 1 is 1.38 bits per heavy atom. The van der Waals surface area contributed by atoms with Crippen molar-refractivity contribution in [2.45, 2.75) is 19.0 Å². The highest BCUT2D eigenvalue weighted by Gasteiger charge is 2.32. The SMILES string of the molecule is CC(NC(=O)C1COCCN1c1nc(Cl)ncc1Br)c1ccc(Cl)cc1. The Balaban J connectivity index is 1.77. The van der Waals surface area contributed by atoms with Gasteiger partial charge in [-0.3, -0.25) is 4.79 Å². The summed E-state index contributed by atoms with van der Waals surface area (Å²) in [5.74, 6) is 0.432. The second-order valence-electron chi connectivity index (χ2n) is 5.88. The molecule has 1 N–H and O–H groups in total. The van der Waals surface area contributed by atoms with Crippen LogP contribution < -0.4 is 10.2 Å². The Morgan fingerprint density at radius 3 is 2.85 bits per heavy atom. The van der Waals surface area contributed by atoms with Crippen LogP contribution in [0.5, 0.6) is 0 Å². The highest BCUT2D eigenvalue weighted by Crippen LogP contribution is 2.27. The fourth-order valence-corrected chi connectivity index (χ4v) is 3.43. The van der Waals surface area contributed by atoms with Crippen LogP contribution in [0.15, 0.2) is 34.9 Å². The summed E-state index contributed by atoms with van der Waals surface area (Å²) in [6.07, 6.45) is 1.57. The first-order chi connectivity index (χ1) is 12.5. The molecular weight excluding hydrogens is 443 g/mol. The Hall–Kier alpha value is -1.41. The largest absolute Gasteiger partial charge is 0.377 e. The van der Waals surface area contributed by atoms with Gasteiger partial charge in [0.2, 0.25) is 11.2 Å². The second kappa shape index (κ2) is 8.52. The summed E-state index contributed by atoms with van der Waals surface area (Å²) in [6.45, 7) is 3.23. The van der Waals surface area contributed by atoms with E-state index in [1.807, 2.05) is 24.0 Å². The van der Waals surface area contributed by atoms with Crippen molar-refractivity contribution >= 4 is 50.9 Å². The first kappa shape index (κ1) is 19.4. The summed E-state index contributed by atoms with van der Waals surface area (Å²) in [4.78, 5) is 23.0. The zero-order valence-corrected chi connectivity index (χ0v) is 17.1. The van der Waals surface area contributed by atoms with E-state index in [-0.39, 0.29) is 23.8 Å². The lowest BCUT2D eigenvalue weighted by Gasteiger charge is -2.36. The van der Waals surface area contributed by atoms with Crippen LogP contribution >= 0.6 is 39.1 Å². The molecule has 1 amide bonds. The number of morpholine rings is 1. The summed E-state index contributed by atoms with van der Waals surface area (Å²) >= 11 is 15.3. The molecule has 9 heteroatoms. The third-order valence-electron chi connectivity index (χ3n) is 4.13. The molecule has 0 radical (unpaired) electrons. The minimum absolute atomic E-state index is 0.128. The third-order valence-corrected chi connectivity index (χ3v) is 5.12. The van der Waals surface area contributed by atoms with Crippen LogP contribution in [0, 0.1) is 0 Å². The molecular formula is C17H17BrCl2N4O2. The quantitative estimate of drug-likeness (QED) is 0.707. The molecule has 1 aromatic carbocycles. The molecule has 1 saturated heterocycles. The average Bonchev–Trinajstić information content (AvgIpc) is 2.64. The summed E-state index contributed by atoms with van der Waals surface area (Å²) in [5, 5.41) is 3.81. The molecule has 3 rings (SSSR count). The molecule has 1 aromatic heterocycles. The van der Waals surface area contributed by atoms with E-state index in [0.717, 1.165) is 5.56 Å². The van der Waals surface area contributed by atoms with Gasteiger partial charge in [0, 0.05) is 17.8 Å². The van der Waals surface area contributed by atoms with E-state index in [1.165, 1.54) is 0 Å². The molecule has 2 heterocycles. The Morgan fingerprint density at radius 2 is 2.12 bits per heavy atom. The molecule has 6 nitrogen and oxygen atoms in total. The maximum atomic E-state index is 12.9. The molecule has 138 valence electrons. The van der Waals surface area contributed by atoms with Crippen molar-refractivity contribution in [1.82, 2.24) is 15.3 Å². The van der Waals surface area contributed by atoms with Gasteiger partial charge in [0.15, 0.2) is 0 Å². The van der Waals surface area contributed by atoms with E-state index in [9.17, 15) is 4.79 Å². The molecule has 0 spiro atoms. The Labute approximate surface area is 170 Å². The molecule has 2 unspecified atom stereocenters. The van der Waals surface area contributed by atoms with Gasteiger partial charge in [-0.2, -0.15) is 4.98 Å². The topological polar surface area (TPSA) is 67.3 Å². The number of rotatable bonds is 4. The van der Waals surface area contributed by atoms with Gasteiger partial charge in [-0.25, -0.2) is 4.98 Å². The van der Waals surface area contributed by atoms with Crippen molar-refractivity contribution in [2.75, 3.05) is 24.7 Å². The normalized spacial score (nSPS) is 18.5. The number of amides is 1. The van der Waals surface area contributed by atoms with Crippen LogP contribution in [0.3, 0.4) is 0 Å². The molecule has 2 aromatic rings. The van der Waals surface area contributed by atoms with E-state index < -0.39 is 6.04 Å². The number of carbonyl (C=O) groups excluding carboxylic acids is 1. The first-order valence-electron chi connectivity index (χ1n) is 8.04. The minimum atomic E-state index is -0.513. The molecule has 1 aliphatic rings. The standard InChI is InChI=1S/C17H17BrCl2N4O2/c1-10(11-2-4-12(19)5-3-11)22-16(25)14-9-26-7-6-24(14)15-13(18)8-21-17(20)23-15/h2-5,8,10,14H,6-7,9H2,1H3,(H,22,25). The number of hydrogen-bond acceptors (Lipinski definition) is 5. The van der Waals surface area contributed by atoms with Gasteiger partial charge >= 0.3 is 0 Å². The molecule has 0 saturated carbocycles. The highest BCUT2D eigenvalue weighted by atomic mass is 79.9. The van der Waals surface area contributed by atoms with Crippen molar-refractivity contribution in [3.05, 3.63) is 50.8 Å². The van der Waals surface area contributed by atoms with Crippen molar-refractivity contribution in [2.24, 2.45) is 0 Å². The molecule has 1 fully saturated rings. The van der Waals surface area contributed by atoms with Crippen molar-refractivity contribution in [3.8, 4) is 0 Å². The fourth-order valence-electron chi connectivity index (χ4n) is 2.76. The fraction of sp³-hybridized carbons (Fsp3) is 0.353. The molecule has 1 aliphatic heterocycles. The predicted molar refractivity (Wildman–Crippen MR) is 105 cm³/mol. The van der Waals surface area contributed by atoms with Crippen LogP contribution in [-0.2, 0) is 9.53 Å². The second-order valence-corrected chi connectivity index (χ2v) is 7.51. The average molecular weight is 460 g/mol. The summed E-state index contributed by atoms with van der Waals surface area (Å²) in [5.41, 5.74) is 0.970. The van der Waals surface area contributed by atoms with Crippen LogP contribution in [0.2, 0.25) is 10.3 Å². The lowest BCUT2D eigenvalue weighted by molar-refractivity contribution is -0.125. The number of anilines is 1. The van der Waals surface area contributed by atoms with E-state index in [0.29, 0.717) is 28.5 Å². The van der Waals surface area contributed by atoms with Gasteiger partial charge in [0.25, 0.3) is 0 Å². The molecule has 0 aliphatic carbocycles. The summed E-state index contributed by atoms with van der Waals surface area (Å²) in [7, 11) is 0. The first-order valence-corrected chi connectivity index (χ1v) is 9.59.